The number of hydrogen-bond donors (Lipinski definition) is 1. The van der Waals surface area contributed by atoms with E-state index in [1.54, 1.807) is 0 Å². The number of aryl methyl sites for hydroxylation is 1. The Kier molecular flexibility index (Phi) is 4.11. The van der Waals surface area contributed by atoms with E-state index < -0.39 is 0 Å². The van der Waals surface area contributed by atoms with Gasteiger partial charge in [-0.15, -0.1) is 0 Å². The number of amides is 1. The average molecular weight is 349 g/mol. The Hall–Kier alpha value is -2.89. The van der Waals surface area contributed by atoms with Crippen molar-refractivity contribution in [2.24, 2.45) is 0 Å². The molecule has 1 amide bonds. The fraction of sp³-hybridized carbons (Fsp3) is 0.350. The molecule has 1 saturated heterocycles. The minimum Gasteiger partial charge on any atom is -0.363 e. The molecule has 1 N–H and O–H groups in total. The number of fused-ring (bicyclic) bond motifs is 1. The summed E-state index contributed by atoms with van der Waals surface area (Å²) in [4.78, 5) is 29.1. The highest BCUT2D eigenvalue weighted by Crippen LogP contribution is 2.34. The lowest BCUT2D eigenvalue weighted by atomic mass is 10.0. The van der Waals surface area contributed by atoms with Gasteiger partial charge in [-0.05, 0) is 55.7 Å². The van der Waals surface area contributed by atoms with E-state index in [2.05, 4.69) is 21.0 Å². The topological polar surface area (TPSA) is 65.1 Å². The van der Waals surface area contributed by atoms with Gasteiger partial charge in [-0.3, -0.25) is 4.79 Å². The summed E-state index contributed by atoms with van der Waals surface area (Å²) in [6, 6.07) is 9.89. The van der Waals surface area contributed by atoms with Crippen LogP contribution in [0.5, 0.6) is 0 Å². The first-order valence-electron chi connectivity index (χ1n) is 8.93. The maximum absolute atomic E-state index is 13.2. The largest absolute Gasteiger partial charge is 0.363 e. The van der Waals surface area contributed by atoms with Crippen molar-refractivity contribution in [1.29, 1.82) is 0 Å². The Morgan fingerprint density at radius 2 is 2.12 bits per heavy atom. The molecular weight excluding hydrogens is 326 g/mol. The van der Waals surface area contributed by atoms with Crippen LogP contribution in [0, 0.1) is 6.92 Å². The molecule has 1 aliphatic rings. The van der Waals surface area contributed by atoms with Crippen molar-refractivity contribution in [3.05, 3.63) is 53.5 Å². The van der Waals surface area contributed by atoms with Gasteiger partial charge in [-0.1, -0.05) is 0 Å². The predicted molar refractivity (Wildman–Crippen MR) is 102 cm³/mol. The quantitative estimate of drug-likeness (QED) is 0.788. The number of aromatic nitrogens is 3. The first-order chi connectivity index (χ1) is 12.5. The SMILES string of the molecule is Cc1nc2ccc(C(=O)N3CCC[C@H]3c3ccnc(N(C)C)c3)cc2[nH]1. The number of carbonyl (C=O) groups excluding carboxylic acids is 1. The minimum absolute atomic E-state index is 0.0740. The Morgan fingerprint density at radius 1 is 1.27 bits per heavy atom. The molecule has 6 heteroatoms. The number of likely N-dealkylation sites (tertiary alicyclic amines) is 1. The summed E-state index contributed by atoms with van der Waals surface area (Å²) < 4.78 is 0. The van der Waals surface area contributed by atoms with Crippen molar-refractivity contribution in [2.45, 2.75) is 25.8 Å². The molecule has 0 aliphatic carbocycles. The highest BCUT2D eigenvalue weighted by atomic mass is 16.2. The van der Waals surface area contributed by atoms with Gasteiger partial charge in [0.1, 0.15) is 11.6 Å². The number of carbonyl (C=O) groups is 1. The fourth-order valence-corrected chi connectivity index (χ4v) is 3.68. The lowest BCUT2D eigenvalue weighted by Gasteiger charge is -2.26. The van der Waals surface area contributed by atoms with Gasteiger partial charge >= 0.3 is 0 Å². The highest BCUT2D eigenvalue weighted by Gasteiger charge is 2.31. The number of H-pyrrole nitrogens is 1. The molecule has 0 unspecified atom stereocenters. The van der Waals surface area contributed by atoms with Gasteiger partial charge < -0.3 is 14.8 Å². The maximum Gasteiger partial charge on any atom is 0.254 e. The zero-order valence-corrected chi connectivity index (χ0v) is 15.4. The van der Waals surface area contributed by atoms with Gasteiger partial charge in [0.2, 0.25) is 0 Å². The number of imidazole rings is 1. The molecule has 3 heterocycles. The normalized spacial score (nSPS) is 17.0. The second-order valence-electron chi connectivity index (χ2n) is 7.05. The smallest absolute Gasteiger partial charge is 0.254 e. The third-order valence-electron chi connectivity index (χ3n) is 4.97. The van der Waals surface area contributed by atoms with E-state index in [9.17, 15) is 4.79 Å². The van der Waals surface area contributed by atoms with Crippen LogP contribution in [-0.4, -0.2) is 46.4 Å². The van der Waals surface area contributed by atoms with Gasteiger partial charge in [-0.25, -0.2) is 9.97 Å². The van der Waals surface area contributed by atoms with Gasteiger partial charge in [-0.2, -0.15) is 0 Å². The van der Waals surface area contributed by atoms with E-state index in [0.717, 1.165) is 47.6 Å². The van der Waals surface area contributed by atoms with Crippen LogP contribution in [0.25, 0.3) is 11.0 Å². The van der Waals surface area contributed by atoms with E-state index >= 15 is 0 Å². The summed E-state index contributed by atoms with van der Waals surface area (Å²) in [6.45, 7) is 2.70. The van der Waals surface area contributed by atoms with E-state index in [1.165, 1.54) is 0 Å². The minimum atomic E-state index is 0.0740. The highest BCUT2D eigenvalue weighted by molar-refractivity contribution is 5.97. The van der Waals surface area contributed by atoms with Crippen LogP contribution in [0.1, 0.15) is 40.6 Å². The molecule has 3 aromatic rings. The zero-order chi connectivity index (χ0) is 18.3. The molecule has 26 heavy (non-hydrogen) atoms. The number of pyridine rings is 1. The standard InChI is InChI=1S/C20H23N5O/c1-13-22-16-7-6-15(11-17(16)23-13)20(26)25-10-4-5-18(25)14-8-9-21-19(12-14)24(2)3/h6-9,11-12,18H,4-5,10H2,1-3H3,(H,22,23)/t18-/m0/s1. The van der Waals surface area contributed by atoms with Crippen LogP contribution in [0.2, 0.25) is 0 Å². The van der Waals surface area contributed by atoms with Crippen LogP contribution in [-0.2, 0) is 0 Å². The van der Waals surface area contributed by atoms with Crippen molar-refractivity contribution in [2.75, 3.05) is 25.5 Å². The molecule has 1 fully saturated rings. The Labute approximate surface area is 152 Å². The van der Waals surface area contributed by atoms with Gasteiger partial charge in [0, 0.05) is 32.4 Å². The van der Waals surface area contributed by atoms with Crippen LogP contribution in [0.4, 0.5) is 5.82 Å². The number of nitrogens with zero attached hydrogens (tertiary/aromatic N) is 4. The molecule has 1 aromatic carbocycles. The molecule has 0 bridgehead atoms. The molecule has 0 spiro atoms. The molecule has 0 radical (unpaired) electrons. The summed E-state index contributed by atoms with van der Waals surface area (Å²) in [5.74, 6) is 1.85. The first-order valence-corrected chi connectivity index (χ1v) is 8.93. The van der Waals surface area contributed by atoms with Gasteiger partial charge in [0.05, 0.1) is 17.1 Å². The number of anilines is 1. The molecule has 2 aromatic heterocycles. The average Bonchev–Trinajstić information content (AvgIpc) is 3.26. The van der Waals surface area contributed by atoms with Crippen LogP contribution in [0.15, 0.2) is 36.5 Å². The fourth-order valence-electron chi connectivity index (χ4n) is 3.68. The van der Waals surface area contributed by atoms with Crippen molar-refractivity contribution in [1.82, 2.24) is 19.9 Å². The van der Waals surface area contributed by atoms with Gasteiger partial charge in [0.25, 0.3) is 5.91 Å². The lowest BCUT2D eigenvalue weighted by Crippen LogP contribution is -2.30. The predicted octanol–water partition coefficient (Wildman–Crippen LogP) is 3.31. The summed E-state index contributed by atoms with van der Waals surface area (Å²) in [5, 5.41) is 0. The summed E-state index contributed by atoms with van der Waals surface area (Å²) in [7, 11) is 3.95. The monoisotopic (exact) mass is 349 g/mol. The third-order valence-corrected chi connectivity index (χ3v) is 4.97. The third kappa shape index (κ3) is 2.92. The Balaban J connectivity index is 1.64. The number of nitrogens with one attached hydrogen (secondary N) is 1. The lowest BCUT2D eigenvalue weighted by molar-refractivity contribution is 0.0736. The van der Waals surface area contributed by atoms with Crippen LogP contribution < -0.4 is 4.90 Å². The molecule has 1 atom stereocenters. The van der Waals surface area contributed by atoms with Crippen LogP contribution >= 0.6 is 0 Å². The van der Waals surface area contributed by atoms with Crippen LogP contribution in [0.3, 0.4) is 0 Å². The molecule has 0 saturated carbocycles. The van der Waals surface area contributed by atoms with Crippen molar-refractivity contribution in [3.63, 3.8) is 0 Å². The molecule has 6 nitrogen and oxygen atoms in total. The second-order valence-corrected chi connectivity index (χ2v) is 7.05. The molecular formula is C20H23N5O. The van der Waals surface area contributed by atoms with E-state index in [-0.39, 0.29) is 11.9 Å². The Bertz CT molecular complexity index is 962. The first kappa shape index (κ1) is 16.6. The van der Waals surface area contributed by atoms with E-state index in [4.69, 9.17) is 0 Å². The zero-order valence-electron chi connectivity index (χ0n) is 15.4. The van der Waals surface area contributed by atoms with Gasteiger partial charge in [0.15, 0.2) is 0 Å². The summed E-state index contributed by atoms with van der Waals surface area (Å²) in [6.07, 6.45) is 3.82. The van der Waals surface area contributed by atoms with E-state index in [0.29, 0.717) is 5.56 Å². The molecule has 4 rings (SSSR count). The van der Waals surface area contributed by atoms with E-state index in [1.807, 2.05) is 61.3 Å². The number of rotatable bonds is 3. The van der Waals surface area contributed by atoms with Crippen molar-refractivity contribution in [3.8, 4) is 0 Å². The second kappa shape index (κ2) is 6.44. The Morgan fingerprint density at radius 3 is 2.92 bits per heavy atom. The van der Waals surface area contributed by atoms with Crippen molar-refractivity contribution < 1.29 is 4.79 Å². The molecule has 134 valence electrons. The van der Waals surface area contributed by atoms with Crippen molar-refractivity contribution >= 4 is 22.8 Å². The number of benzene rings is 1. The number of aromatic amines is 1. The molecule has 1 aliphatic heterocycles. The summed E-state index contributed by atoms with van der Waals surface area (Å²) in [5.41, 5.74) is 3.65. The summed E-state index contributed by atoms with van der Waals surface area (Å²) >= 11 is 0. The number of hydrogen-bond acceptors (Lipinski definition) is 4. The maximum atomic E-state index is 13.2.